The molecule has 2 fully saturated rings. The largest absolute Gasteiger partial charge is 0.497 e. The average Bonchev–Trinajstić information content (AvgIpc) is 3.94. The van der Waals surface area contributed by atoms with E-state index in [2.05, 4.69) is 18.2 Å². The van der Waals surface area contributed by atoms with Crippen molar-refractivity contribution in [2.45, 2.75) is 64.0 Å². The van der Waals surface area contributed by atoms with Crippen molar-refractivity contribution in [3.63, 3.8) is 0 Å². The maximum Gasteiger partial charge on any atom is 0.410 e. The molecule has 0 unspecified atom stereocenters. The highest BCUT2D eigenvalue weighted by atomic mass is 16.6. The molecule has 10 heteroatoms. The predicted molar refractivity (Wildman–Crippen MR) is 188 cm³/mol. The number of likely N-dealkylation sites (tertiary alicyclic amines) is 1. The van der Waals surface area contributed by atoms with Gasteiger partial charge >= 0.3 is 6.09 Å². The fraction of sp³-hybridized carbons (Fsp3) is 0.462. The molecular weight excluding hydrogens is 622 g/mol. The van der Waals surface area contributed by atoms with Crippen molar-refractivity contribution >= 4 is 29.3 Å². The van der Waals surface area contributed by atoms with Crippen LogP contribution in [0.1, 0.15) is 57.9 Å². The lowest BCUT2D eigenvalue weighted by molar-refractivity contribution is -0.124. The van der Waals surface area contributed by atoms with Crippen molar-refractivity contribution in [1.82, 2.24) is 4.90 Å². The first-order valence-corrected chi connectivity index (χ1v) is 17.2. The minimum atomic E-state index is -0.655. The number of fused-ring (bicyclic) bond motifs is 1. The van der Waals surface area contributed by atoms with E-state index in [1.165, 1.54) is 0 Å². The Balaban J connectivity index is 1.34. The number of hydrogen-bond acceptors (Lipinski definition) is 7. The molecule has 0 spiro atoms. The third-order valence-corrected chi connectivity index (χ3v) is 9.36. The van der Waals surface area contributed by atoms with Crippen LogP contribution >= 0.6 is 0 Å². The summed E-state index contributed by atoms with van der Waals surface area (Å²) in [6, 6.07) is 22.0. The minimum Gasteiger partial charge on any atom is -0.497 e. The lowest BCUT2D eigenvalue weighted by Crippen LogP contribution is -2.51. The van der Waals surface area contributed by atoms with Crippen molar-refractivity contribution in [3.05, 3.63) is 72.3 Å². The molecule has 2 aliphatic heterocycles. The van der Waals surface area contributed by atoms with E-state index in [0.29, 0.717) is 44.0 Å². The molecule has 3 aromatic carbocycles. The molecule has 0 N–H and O–H groups in total. The summed E-state index contributed by atoms with van der Waals surface area (Å²) < 4.78 is 22.1. The van der Waals surface area contributed by atoms with Gasteiger partial charge in [0.25, 0.3) is 5.91 Å². The maximum absolute atomic E-state index is 15.0. The molecule has 0 bridgehead atoms. The summed E-state index contributed by atoms with van der Waals surface area (Å²) in [5.41, 5.74) is 3.88. The van der Waals surface area contributed by atoms with Gasteiger partial charge in [-0.25, -0.2) is 4.79 Å². The van der Waals surface area contributed by atoms with Crippen LogP contribution in [0, 0.1) is 5.92 Å². The van der Waals surface area contributed by atoms with Crippen LogP contribution < -0.4 is 19.3 Å². The van der Waals surface area contributed by atoms with Gasteiger partial charge in [-0.3, -0.25) is 9.59 Å². The topological polar surface area (TPSA) is 97.9 Å². The third-order valence-electron chi connectivity index (χ3n) is 9.36. The van der Waals surface area contributed by atoms with Gasteiger partial charge in [0, 0.05) is 45.1 Å². The Hall–Kier alpha value is -4.57. The number of ether oxygens (including phenoxy) is 4. The second-order valence-electron chi connectivity index (χ2n) is 14.1. The van der Waals surface area contributed by atoms with E-state index in [4.69, 9.17) is 18.9 Å². The standard InChI is InChI=1S/C39H47N3O7/c1-39(2,3)49-38(45)40-20-18-32(28-9-6-8-27(22-28)26-10-15-31(47-5)16-11-26)33(24-40)37(44)42(29-12-13-29)30-14-17-35-34(23-30)41(19-7-21-46-4)36(43)25-48-35/h6,8-11,14-17,22-23,29,32-33H,7,12-13,18-21,24-25H2,1-5H3/t32-,33+/m1/s1. The predicted octanol–water partition coefficient (Wildman–Crippen LogP) is 6.66. The lowest BCUT2D eigenvalue weighted by Gasteiger charge is -2.41. The number of carbonyl (C=O) groups excluding carboxylic acids is 3. The summed E-state index contributed by atoms with van der Waals surface area (Å²) >= 11 is 0. The van der Waals surface area contributed by atoms with Crippen LogP contribution in [-0.2, 0) is 19.1 Å². The van der Waals surface area contributed by atoms with Crippen molar-refractivity contribution in [1.29, 1.82) is 0 Å². The first-order valence-electron chi connectivity index (χ1n) is 17.2. The Kier molecular flexibility index (Phi) is 10.2. The molecule has 0 radical (unpaired) electrons. The Morgan fingerprint density at radius 1 is 0.959 bits per heavy atom. The van der Waals surface area contributed by atoms with E-state index in [1.807, 2.05) is 74.2 Å². The fourth-order valence-electron chi connectivity index (χ4n) is 6.81. The molecule has 2 heterocycles. The van der Waals surface area contributed by atoms with Gasteiger partial charge < -0.3 is 33.6 Å². The molecule has 0 aromatic heterocycles. The second-order valence-corrected chi connectivity index (χ2v) is 14.1. The fourth-order valence-corrected chi connectivity index (χ4v) is 6.81. The van der Waals surface area contributed by atoms with Gasteiger partial charge in [0.1, 0.15) is 17.1 Å². The Bertz CT molecular complexity index is 1660. The second kappa shape index (κ2) is 14.5. The number of carbonyl (C=O) groups is 3. The van der Waals surface area contributed by atoms with E-state index in [1.54, 1.807) is 24.0 Å². The van der Waals surface area contributed by atoms with Crippen LogP contribution in [0.3, 0.4) is 0 Å². The molecule has 1 saturated heterocycles. The van der Waals surface area contributed by atoms with E-state index in [9.17, 15) is 14.4 Å². The maximum atomic E-state index is 15.0. The van der Waals surface area contributed by atoms with Crippen LogP contribution in [-0.4, -0.2) is 81.5 Å². The molecule has 3 aromatic rings. The van der Waals surface area contributed by atoms with Gasteiger partial charge in [0.15, 0.2) is 6.61 Å². The molecule has 10 nitrogen and oxygen atoms in total. The zero-order valence-electron chi connectivity index (χ0n) is 29.1. The van der Waals surface area contributed by atoms with Crippen LogP contribution in [0.2, 0.25) is 0 Å². The van der Waals surface area contributed by atoms with Gasteiger partial charge in [0.2, 0.25) is 5.91 Å². The van der Waals surface area contributed by atoms with Crippen molar-refractivity contribution in [2.24, 2.45) is 5.92 Å². The molecular formula is C39H47N3O7. The Morgan fingerprint density at radius 2 is 1.73 bits per heavy atom. The van der Waals surface area contributed by atoms with Crippen LogP contribution in [0.15, 0.2) is 66.7 Å². The molecule has 49 heavy (non-hydrogen) atoms. The first kappa shape index (κ1) is 34.3. The number of amides is 3. The average molecular weight is 670 g/mol. The number of nitrogens with zero attached hydrogens (tertiary/aromatic N) is 3. The van der Waals surface area contributed by atoms with E-state index < -0.39 is 17.6 Å². The molecule has 260 valence electrons. The minimum absolute atomic E-state index is 0.0234. The van der Waals surface area contributed by atoms with Crippen molar-refractivity contribution in [3.8, 4) is 22.6 Å². The summed E-state index contributed by atoms with van der Waals surface area (Å²) in [6.45, 7) is 7.27. The first-order chi connectivity index (χ1) is 23.6. The SMILES string of the molecule is COCCCN1C(=O)COc2ccc(N(C(=O)[C@H]3CN(C(=O)OC(C)(C)C)CC[C@@H]3c3cccc(-c4ccc(OC)cc4)c3)C3CC3)cc21. The van der Waals surface area contributed by atoms with Gasteiger partial charge in [-0.1, -0.05) is 36.4 Å². The van der Waals surface area contributed by atoms with E-state index >= 15 is 0 Å². The van der Waals surface area contributed by atoms with E-state index in [0.717, 1.165) is 41.0 Å². The number of rotatable bonds is 10. The number of methoxy groups -OCH3 is 2. The van der Waals surface area contributed by atoms with E-state index in [-0.39, 0.29) is 36.9 Å². The summed E-state index contributed by atoms with van der Waals surface area (Å²) in [7, 11) is 3.29. The van der Waals surface area contributed by atoms with Crippen LogP contribution in [0.5, 0.6) is 11.5 Å². The van der Waals surface area contributed by atoms with Gasteiger partial charge in [-0.15, -0.1) is 0 Å². The van der Waals surface area contributed by atoms with Crippen molar-refractivity contribution in [2.75, 3.05) is 56.9 Å². The molecule has 1 aliphatic carbocycles. The summed E-state index contributed by atoms with van der Waals surface area (Å²) in [5.74, 6) is 0.604. The monoisotopic (exact) mass is 669 g/mol. The molecule has 6 rings (SSSR count). The molecule has 1 saturated carbocycles. The summed E-state index contributed by atoms with van der Waals surface area (Å²) in [6.07, 6.45) is 2.65. The Morgan fingerprint density at radius 3 is 2.43 bits per heavy atom. The number of piperidine rings is 1. The van der Waals surface area contributed by atoms with Gasteiger partial charge in [0.05, 0.1) is 18.7 Å². The normalized spacial score (nSPS) is 19.2. The zero-order chi connectivity index (χ0) is 34.7. The number of hydrogen-bond donors (Lipinski definition) is 0. The van der Waals surface area contributed by atoms with Gasteiger partial charge in [-0.05, 0) is 99.4 Å². The third kappa shape index (κ3) is 7.85. The number of anilines is 2. The quantitative estimate of drug-likeness (QED) is 0.223. The smallest absolute Gasteiger partial charge is 0.410 e. The van der Waals surface area contributed by atoms with Crippen LogP contribution in [0.4, 0.5) is 16.2 Å². The highest BCUT2D eigenvalue weighted by molar-refractivity contribution is 6.01. The number of benzene rings is 3. The van der Waals surface area contributed by atoms with Crippen molar-refractivity contribution < 1.29 is 33.3 Å². The molecule has 3 amide bonds. The molecule has 2 atom stereocenters. The summed E-state index contributed by atoms with van der Waals surface area (Å²) in [5, 5.41) is 0. The summed E-state index contributed by atoms with van der Waals surface area (Å²) in [4.78, 5) is 46.6. The highest BCUT2D eigenvalue weighted by Gasteiger charge is 2.44. The molecule has 3 aliphatic rings. The van der Waals surface area contributed by atoms with Gasteiger partial charge in [-0.2, -0.15) is 0 Å². The lowest BCUT2D eigenvalue weighted by atomic mass is 9.78. The zero-order valence-corrected chi connectivity index (χ0v) is 29.1. The Labute approximate surface area is 288 Å². The van der Waals surface area contributed by atoms with Crippen LogP contribution in [0.25, 0.3) is 11.1 Å². The highest BCUT2D eigenvalue weighted by Crippen LogP contribution is 2.43.